The first-order chi connectivity index (χ1) is 8.90. The van der Waals surface area contributed by atoms with Crippen molar-refractivity contribution in [3.05, 3.63) is 30.0 Å². The van der Waals surface area contributed by atoms with Crippen LogP contribution >= 0.6 is 0 Å². The van der Waals surface area contributed by atoms with Crippen molar-refractivity contribution in [2.75, 3.05) is 5.32 Å². The molecule has 5 heteroatoms. The van der Waals surface area contributed by atoms with Crippen LogP contribution in [0.3, 0.4) is 0 Å². The zero-order chi connectivity index (χ0) is 14.0. The van der Waals surface area contributed by atoms with E-state index < -0.39 is 5.41 Å². The zero-order valence-corrected chi connectivity index (χ0v) is 11.3. The minimum atomic E-state index is -0.475. The molecule has 2 N–H and O–H groups in total. The summed E-state index contributed by atoms with van der Waals surface area (Å²) in [5, 5.41) is 12.7. The number of carbonyl (C=O) groups excluding carboxylic acids is 1. The first-order valence-electron chi connectivity index (χ1n) is 6.09. The molecule has 0 bridgehead atoms. The van der Waals surface area contributed by atoms with Crippen LogP contribution < -0.4 is 5.32 Å². The van der Waals surface area contributed by atoms with Crippen LogP contribution in [0.4, 0.5) is 5.82 Å². The Labute approximate surface area is 111 Å². The number of pyridine rings is 2. The summed E-state index contributed by atoms with van der Waals surface area (Å²) in [6.07, 6.45) is 0. The van der Waals surface area contributed by atoms with Gasteiger partial charge in [0.05, 0.1) is 12.3 Å². The van der Waals surface area contributed by atoms with Gasteiger partial charge >= 0.3 is 0 Å². The van der Waals surface area contributed by atoms with E-state index in [0.29, 0.717) is 17.2 Å². The number of nitrogens with one attached hydrogen (secondary N) is 1. The highest BCUT2D eigenvalue weighted by atomic mass is 16.3. The lowest BCUT2D eigenvalue weighted by Gasteiger charge is -2.17. The van der Waals surface area contributed by atoms with Gasteiger partial charge in [0.15, 0.2) is 5.65 Å². The van der Waals surface area contributed by atoms with Crippen molar-refractivity contribution in [1.29, 1.82) is 0 Å². The van der Waals surface area contributed by atoms with Gasteiger partial charge in [-0.05, 0) is 24.3 Å². The van der Waals surface area contributed by atoms with Crippen LogP contribution in [0.25, 0.3) is 11.0 Å². The van der Waals surface area contributed by atoms with Crippen LogP contribution in [-0.2, 0) is 11.4 Å². The van der Waals surface area contributed by atoms with Gasteiger partial charge in [0.2, 0.25) is 5.91 Å². The predicted molar refractivity (Wildman–Crippen MR) is 73.5 cm³/mol. The number of aliphatic hydroxyl groups excluding tert-OH is 1. The molecule has 0 unspecified atom stereocenters. The van der Waals surface area contributed by atoms with Crippen molar-refractivity contribution >= 4 is 22.8 Å². The van der Waals surface area contributed by atoms with Gasteiger partial charge < -0.3 is 10.4 Å². The topological polar surface area (TPSA) is 75.1 Å². The number of rotatable bonds is 2. The number of nitrogens with zero attached hydrogens (tertiary/aromatic N) is 2. The molecule has 0 saturated heterocycles. The molecule has 1 amide bonds. The Morgan fingerprint density at radius 3 is 2.53 bits per heavy atom. The van der Waals surface area contributed by atoms with Crippen molar-refractivity contribution < 1.29 is 9.90 Å². The Morgan fingerprint density at radius 1 is 1.21 bits per heavy atom. The van der Waals surface area contributed by atoms with Gasteiger partial charge in [-0.25, -0.2) is 9.97 Å². The number of aliphatic hydroxyl groups is 1. The second kappa shape index (κ2) is 4.93. The van der Waals surface area contributed by atoms with E-state index in [2.05, 4.69) is 15.3 Å². The van der Waals surface area contributed by atoms with Crippen LogP contribution in [0.1, 0.15) is 26.5 Å². The van der Waals surface area contributed by atoms with E-state index in [4.69, 9.17) is 5.11 Å². The van der Waals surface area contributed by atoms with Gasteiger partial charge in [-0.3, -0.25) is 4.79 Å². The Bertz CT molecular complexity index is 618. The molecule has 0 aromatic carbocycles. The molecule has 5 nitrogen and oxygen atoms in total. The molecule has 100 valence electrons. The molecule has 0 aliphatic rings. The van der Waals surface area contributed by atoms with Gasteiger partial charge in [-0.1, -0.05) is 20.8 Å². The van der Waals surface area contributed by atoms with Gasteiger partial charge in [0, 0.05) is 10.8 Å². The molecule has 19 heavy (non-hydrogen) atoms. The average Bonchev–Trinajstić information content (AvgIpc) is 2.36. The summed E-state index contributed by atoms with van der Waals surface area (Å²) >= 11 is 0. The minimum absolute atomic E-state index is 0.0994. The molecule has 2 aromatic heterocycles. The van der Waals surface area contributed by atoms with Gasteiger partial charge in [0.25, 0.3) is 0 Å². The lowest BCUT2D eigenvalue weighted by molar-refractivity contribution is -0.123. The lowest BCUT2D eigenvalue weighted by Crippen LogP contribution is -2.28. The van der Waals surface area contributed by atoms with Crippen LogP contribution in [-0.4, -0.2) is 21.0 Å². The molecule has 2 aromatic rings. The first-order valence-corrected chi connectivity index (χ1v) is 6.09. The summed E-state index contributed by atoms with van der Waals surface area (Å²) in [6, 6.07) is 7.18. The first kappa shape index (κ1) is 13.4. The number of aromatic nitrogens is 2. The number of fused-ring (bicyclic) bond motifs is 1. The third kappa shape index (κ3) is 3.06. The van der Waals surface area contributed by atoms with Crippen LogP contribution in [0.2, 0.25) is 0 Å². The monoisotopic (exact) mass is 259 g/mol. The Balaban J connectivity index is 2.33. The summed E-state index contributed by atoms with van der Waals surface area (Å²) in [4.78, 5) is 20.4. The molecule has 0 spiro atoms. The molecule has 0 fully saturated rings. The van der Waals surface area contributed by atoms with Gasteiger partial charge in [0.1, 0.15) is 5.82 Å². The maximum Gasteiger partial charge on any atom is 0.230 e. The SMILES string of the molecule is CC(C)(C)C(=O)Nc1ccc2ccc(CO)nc2n1. The fourth-order valence-corrected chi connectivity index (χ4v) is 1.50. The summed E-state index contributed by atoms with van der Waals surface area (Å²) in [6.45, 7) is 5.39. The Kier molecular flexibility index (Phi) is 3.48. The number of amides is 1. The van der Waals surface area contributed by atoms with E-state index in [9.17, 15) is 4.79 Å². The van der Waals surface area contributed by atoms with Crippen molar-refractivity contribution in [3.8, 4) is 0 Å². The maximum atomic E-state index is 11.9. The van der Waals surface area contributed by atoms with E-state index in [0.717, 1.165) is 5.39 Å². The lowest BCUT2D eigenvalue weighted by atomic mass is 9.96. The fraction of sp³-hybridized carbons (Fsp3) is 0.357. The van der Waals surface area contributed by atoms with Crippen LogP contribution in [0.15, 0.2) is 24.3 Å². The zero-order valence-electron chi connectivity index (χ0n) is 11.3. The average molecular weight is 259 g/mol. The molecular formula is C14H17N3O2. The second-order valence-electron chi connectivity index (χ2n) is 5.41. The Hall–Kier alpha value is -2.01. The van der Waals surface area contributed by atoms with Crippen molar-refractivity contribution in [3.63, 3.8) is 0 Å². The summed E-state index contributed by atoms with van der Waals surface area (Å²) in [7, 11) is 0. The quantitative estimate of drug-likeness (QED) is 0.866. The Morgan fingerprint density at radius 2 is 1.89 bits per heavy atom. The third-order valence-corrected chi connectivity index (χ3v) is 2.69. The second-order valence-corrected chi connectivity index (χ2v) is 5.41. The summed E-state index contributed by atoms with van der Waals surface area (Å²) < 4.78 is 0. The number of carbonyl (C=O) groups is 1. The molecule has 2 rings (SSSR count). The molecule has 0 radical (unpaired) electrons. The maximum absolute atomic E-state index is 11.9. The molecule has 0 aliphatic heterocycles. The van der Waals surface area contributed by atoms with E-state index >= 15 is 0 Å². The predicted octanol–water partition coefficient (Wildman–Crippen LogP) is 2.11. The molecule has 0 saturated carbocycles. The normalized spacial score (nSPS) is 11.6. The molecular weight excluding hydrogens is 242 g/mol. The van der Waals surface area contributed by atoms with Crippen LogP contribution in [0.5, 0.6) is 0 Å². The smallest absolute Gasteiger partial charge is 0.230 e. The highest BCUT2D eigenvalue weighted by molar-refractivity contribution is 5.94. The van der Waals surface area contributed by atoms with E-state index in [1.54, 1.807) is 12.1 Å². The number of anilines is 1. The van der Waals surface area contributed by atoms with Crippen molar-refractivity contribution in [1.82, 2.24) is 9.97 Å². The largest absolute Gasteiger partial charge is 0.390 e. The fourth-order valence-electron chi connectivity index (χ4n) is 1.50. The number of hydrogen-bond donors (Lipinski definition) is 2. The van der Waals surface area contributed by atoms with Gasteiger partial charge in [-0.2, -0.15) is 0 Å². The molecule has 0 aliphatic carbocycles. The third-order valence-electron chi connectivity index (χ3n) is 2.69. The highest BCUT2D eigenvalue weighted by Crippen LogP contribution is 2.18. The summed E-state index contributed by atoms with van der Waals surface area (Å²) in [5.74, 6) is 0.368. The minimum Gasteiger partial charge on any atom is -0.390 e. The van der Waals surface area contributed by atoms with Gasteiger partial charge in [-0.15, -0.1) is 0 Å². The van der Waals surface area contributed by atoms with Crippen molar-refractivity contribution in [2.24, 2.45) is 5.41 Å². The van der Waals surface area contributed by atoms with Crippen LogP contribution in [0, 0.1) is 5.41 Å². The molecule has 0 atom stereocenters. The van der Waals surface area contributed by atoms with E-state index in [-0.39, 0.29) is 12.5 Å². The standard InChI is InChI=1S/C14H17N3O2/c1-14(2,3)13(19)17-11-7-5-9-4-6-10(8-18)15-12(9)16-11/h4-7,18H,8H2,1-3H3,(H,15,16,17,19). The highest BCUT2D eigenvalue weighted by Gasteiger charge is 2.21. The van der Waals surface area contributed by atoms with Crippen molar-refractivity contribution in [2.45, 2.75) is 27.4 Å². The van der Waals surface area contributed by atoms with E-state index in [1.807, 2.05) is 32.9 Å². The summed E-state index contributed by atoms with van der Waals surface area (Å²) in [5.41, 5.74) is 0.592. The number of hydrogen-bond acceptors (Lipinski definition) is 4. The molecule has 2 heterocycles. The van der Waals surface area contributed by atoms with E-state index in [1.165, 1.54) is 0 Å².